The maximum Gasteiger partial charge on any atom is 0.264 e. The number of hydrogen-bond acceptors (Lipinski definition) is 6. The quantitative estimate of drug-likeness (QED) is 0.718. The molecule has 2 aromatic rings. The van der Waals surface area contributed by atoms with Crippen molar-refractivity contribution in [2.45, 2.75) is 12.2 Å². The summed E-state index contributed by atoms with van der Waals surface area (Å²) >= 11 is 0. The predicted octanol–water partition coefficient (Wildman–Crippen LogP) is 1.67. The van der Waals surface area contributed by atoms with Crippen LogP contribution in [0.5, 0.6) is 5.75 Å². The van der Waals surface area contributed by atoms with Crippen LogP contribution in [0, 0.1) is 0 Å². The monoisotopic (exact) mass is 416 g/mol. The van der Waals surface area contributed by atoms with Crippen LogP contribution in [0.15, 0.2) is 48.5 Å². The lowest BCUT2D eigenvalue weighted by atomic mass is 10.1. The number of carbonyl (C=O) groups is 3. The predicted molar refractivity (Wildman–Crippen MR) is 108 cm³/mol. The molecule has 1 aliphatic heterocycles. The second-order valence-corrected chi connectivity index (χ2v) is 8.97. The van der Waals surface area contributed by atoms with Gasteiger partial charge in [-0.05, 0) is 37.3 Å². The summed E-state index contributed by atoms with van der Waals surface area (Å²) < 4.78 is 30.5. The summed E-state index contributed by atoms with van der Waals surface area (Å²) in [5.41, 5.74) is 0.973. The van der Waals surface area contributed by atoms with E-state index < -0.39 is 32.5 Å². The van der Waals surface area contributed by atoms with Gasteiger partial charge < -0.3 is 15.0 Å². The third-order valence-corrected chi connectivity index (χ3v) is 6.58. The summed E-state index contributed by atoms with van der Waals surface area (Å²) in [4.78, 5) is 38.0. The molecule has 1 atom stereocenters. The van der Waals surface area contributed by atoms with Crippen LogP contribution in [0.4, 0.5) is 11.4 Å². The van der Waals surface area contributed by atoms with E-state index in [4.69, 9.17) is 4.74 Å². The zero-order valence-corrected chi connectivity index (χ0v) is 16.7. The van der Waals surface area contributed by atoms with E-state index in [9.17, 15) is 22.8 Å². The van der Waals surface area contributed by atoms with E-state index in [1.54, 1.807) is 37.4 Å². The molecule has 152 valence electrons. The molecule has 29 heavy (non-hydrogen) atoms. The fraction of sp³-hybridized carbons (Fsp3) is 0.250. The second kappa shape index (κ2) is 8.04. The van der Waals surface area contributed by atoms with Gasteiger partial charge in [0.2, 0.25) is 5.91 Å². The SMILES string of the molecule is CC(C(=O)c1ccc2c(c1)N(C)C(=O)CO2)S(=O)(=O)CC(=O)Nc1ccccc1. The number of sulfone groups is 1. The van der Waals surface area contributed by atoms with Gasteiger partial charge in [-0.25, -0.2) is 8.42 Å². The molecule has 0 spiro atoms. The van der Waals surface area contributed by atoms with E-state index in [-0.39, 0.29) is 18.1 Å². The number of anilines is 2. The van der Waals surface area contributed by atoms with Crippen molar-refractivity contribution in [3.63, 3.8) is 0 Å². The molecule has 9 heteroatoms. The number of para-hydroxylation sites is 1. The number of carbonyl (C=O) groups excluding carboxylic acids is 3. The molecule has 3 rings (SSSR count). The summed E-state index contributed by atoms with van der Waals surface area (Å²) in [6.07, 6.45) is 0. The Bertz CT molecular complexity index is 1070. The number of Topliss-reactive ketones (excluding diaryl/α,β-unsaturated/α-hetero) is 1. The minimum Gasteiger partial charge on any atom is -0.482 e. The molecule has 2 aromatic carbocycles. The Morgan fingerprint density at radius 1 is 1.17 bits per heavy atom. The molecule has 1 unspecified atom stereocenters. The van der Waals surface area contributed by atoms with E-state index in [1.165, 1.54) is 30.0 Å². The van der Waals surface area contributed by atoms with Crippen LogP contribution in [0.1, 0.15) is 17.3 Å². The zero-order valence-electron chi connectivity index (χ0n) is 15.9. The van der Waals surface area contributed by atoms with Crippen LogP contribution in [-0.4, -0.2) is 50.7 Å². The van der Waals surface area contributed by atoms with Gasteiger partial charge in [0, 0.05) is 18.3 Å². The zero-order chi connectivity index (χ0) is 21.2. The molecule has 0 saturated heterocycles. The summed E-state index contributed by atoms with van der Waals surface area (Å²) in [5.74, 6) is -2.05. The molecule has 0 saturated carbocycles. The normalized spacial score (nSPS) is 14.6. The number of amides is 2. The first kappa shape index (κ1) is 20.5. The van der Waals surface area contributed by atoms with Crippen LogP contribution < -0.4 is 15.0 Å². The average molecular weight is 416 g/mol. The minimum atomic E-state index is -4.05. The molecule has 1 aliphatic rings. The van der Waals surface area contributed by atoms with Crippen LogP contribution in [-0.2, 0) is 19.4 Å². The largest absolute Gasteiger partial charge is 0.482 e. The van der Waals surface area contributed by atoms with Crippen molar-refractivity contribution in [3.8, 4) is 5.75 Å². The fourth-order valence-electron chi connectivity index (χ4n) is 2.85. The standard InChI is InChI=1S/C20H20N2O6S/c1-13(29(26,27)12-18(23)21-15-6-4-3-5-7-15)20(25)14-8-9-17-16(10-14)22(2)19(24)11-28-17/h3-10,13H,11-12H2,1-2H3,(H,21,23). The van der Waals surface area contributed by atoms with Crippen molar-refractivity contribution in [2.75, 3.05) is 29.6 Å². The van der Waals surface area contributed by atoms with Gasteiger partial charge in [0.1, 0.15) is 16.8 Å². The van der Waals surface area contributed by atoms with Gasteiger partial charge in [0.25, 0.3) is 5.91 Å². The number of benzene rings is 2. The van der Waals surface area contributed by atoms with E-state index in [0.29, 0.717) is 17.1 Å². The molecule has 8 nitrogen and oxygen atoms in total. The number of likely N-dealkylation sites (N-methyl/N-ethyl adjacent to an activating group) is 1. The lowest BCUT2D eigenvalue weighted by molar-refractivity contribution is -0.121. The molecule has 2 amide bonds. The van der Waals surface area contributed by atoms with Crippen molar-refractivity contribution in [1.82, 2.24) is 0 Å². The summed E-state index contributed by atoms with van der Waals surface area (Å²) in [6, 6.07) is 12.8. The number of rotatable bonds is 6. The molecule has 1 N–H and O–H groups in total. The maximum absolute atomic E-state index is 12.7. The number of hydrogen-bond donors (Lipinski definition) is 1. The van der Waals surface area contributed by atoms with Crippen molar-refractivity contribution in [1.29, 1.82) is 0 Å². The molecule has 0 bridgehead atoms. The first-order valence-electron chi connectivity index (χ1n) is 8.83. The summed E-state index contributed by atoms with van der Waals surface area (Å²) in [6.45, 7) is 1.15. The van der Waals surface area contributed by atoms with E-state index >= 15 is 0 Å². The van der Waals surface area contributed by atoms with Gasteiger partial charge in [0.15, 0.2) is 22.2 Å². The van der Waals surface area contributed by atoms with Crippen molar-refractivity contribution in [2.24, 2.45) is 0 Å². The Morgan fingerprint density at radius 2 is 1.86 bits per heavy atom. The third-order valence-electron chi connectivity index (χ3n) is 4.63. The lowest BCUT2D eigenvalue weighted by Gasteiger charge is -2.26. The van der Waals surface area contributed by atoms with E-state index in [2.05, 4.69) is 5.32 Å². The van der Waals surface area contributed by atoms with Crippen LogP contribution in [0.3, 0.4) is 0 Å². The van der Waals surface area contributed by atoms with Crippen molar-refractivity contribution >= 4 is 38.8 Å². The first-order chi connectivity index (χ1) is 13.7. The van der Waals surface area contributed by atoms with E-state index in [1.807, 2.05) is 0 Å². The number of nitrogens with one attached hydrogen (secondary N) is 1. The maximum atomic E-state index is 12.7. The minimum absolute atomic E-state index is 0.0991. The molecular formula is C20H20N2O6S. The van der Waals surface area contributed by atoms with Crippen LogP contribution in [0.2, 0.25) is 0 Å². The number of ketones is 1. The summed E-state index contributed by atoms with van der Waals surface area (Å²) in [5, 5.41) is 1.07. The average Bonchev–Trinajstić information content (AvgIpc) is 2.69. The Morgan fingerprint density at radius 3 is 2.55 bits per heavy atom. The Labute approximate surface area is 168 Å². The number of fused-ring (bicyclic) bond motifs is 1. The van der Waals surface area contributed by atoms with Gasteiger partial charge in [-0.15, -0.1) is 0 Å². The first-order valence-corrected chi connectivity index (χ1v) is 10.5. The highest BCUT2D eigenvalue weighted by Gasteiger charge is 2.32. The lowest BCUT2D eigenvalue weighted by Crippen LogP contribution is -2.36. The van der Waals surface area contributed by atoms with Gasteiger partial charge in [-0.3, -0.25) is 14.4 Å². The highest BCUT2D eigenvalue weighted by molar-refractivity contribution is 7.93. The third kappa shape index (κ3) is 4.45. The van der Waals surface area contributed by atoms with Crippen LogP contribution >= 0.6 is 0 Å². The van der Waals surface area contributed by atoms with Crippen molar-refractivity contribution < 1.29 is 27.5 Å². The highest BCUT2D eigenvalue weighted by Crippen LogP contribution is 2.32. The van der Waals surface area contributed by atoms with Crippen LogP contribution in [0.25, 0.3) is 0 Å². The van der Waals surface area contributed by atoms with Gasteiger partial charge >= 0.3 is 0 Å². The van der Waals surface area contributed by atoms with E-state index in [0.717, 1.165) is 0 Å². The second-order valence-electron chi connectivity index (χ2n) is 6.65. The molecule has 0 radical (unpaired) electrons. The molecular weight excluding hydrogens is 396 g/mol. The Hall–Kier alpha value is -3.20. The molecule has 1 heterocycles. The van der Waals surface area contributed by atoms with Gasteiger partial charge in [0.05, 0.1) is 5.69 Å². The molecule has 0 fully saturated rings. The molecule has 0 aromatic heterocycles. The number of nitrogens with zero attached hydrogens (tertiary/aromatic N) is 1. The summed E-state index contributed by atoms with van der Waals surface area (Å²) in [7, 11) is -2.50. The number of ether oxygens (including phenoxy) is 1. The van der Waals surface area contributed by atoms with Gasteiger partial charge in [-0.1, -0.05) is 18.2 Å². The van der Waals surface area contributed by atoms with Gasteiger partial charge in [-0.2, -0.15) is 0 Å². The Balaban J connectivity index is 1.75. The highest BCUT2D eigenvalue weighted by atomic mass is 32.2. The van der Waals surface area contributed by atoms with Crippen molar-refractivity contribution in [3.05, 3.63) is 54.1 Å². The Kier molecular flexibility index (Phi) is 5.69. The molecule has 0 aliphatic carbocycles. The fourth-order valence-corrected chi connectivity index (χ4v) is 4.00. The smallest absolute Gasteiger partial charge is 0.264 e. The topological polar surface area (TPSA) is 110 Å².